The van der Waals surface area contributed by atoms with Gasteiger partial charge in [-0.15, -0.1) is 0 Å². The molecule has 0 N–H and O–H groups in total. The zero-order chi connectivity index (χ0) is 51.2. The topological polar surface area (TPSA) is 11.6 Å². The van der Waals surface area contributed by atoms with E-state index < -0.39 is 13.7 Å². The first-order valence-corrected chi connectivity index (χ1v) is 22.2. The minimum absolute atomic E-state index is 0.356. The van der Waals surface area contributed by atoms with E-state index in [0.29, 0.717) is 11.1 Å². The number of hydrogen-bond acceptors (Lipinski definition) is 0. The van der Waals surface area contributed by atoms with Crippen molar-refractivity contribution in [2.75, 3.05) is 0 Å². The van der Waals surface area contributed by atoms with Gasteiger partial charge in [-0.2, -0.15) is 0 Å². The van der Waals surface area contributed by atoms with E-state index in [0.717, 1.165) is 28.1 Å². The van der Waals surface area contributed by atoms with E-state index in [2.05, 4.69) is 180 Å². The van der Waals surface area contributed by atoms with Crippen molar-refractivity contribution >= 4 is 0 Å². The fourth-order valence-electron chi connectivity index (χ4n) is 8.46. The molecule has 65 heavy (non-hydrogen) atoms. The predicted molar refractivity (Wildman–Crippen MR) is 273 cm³/mol. The molecule has 6 aromatic carbocycles. The van der Waals surface area contributed by atoms with E-state index in [1.54, 1.807) is 18.5 Å². The summed E-state index contributed by atoms with van der Waals surface area (Å²) >= 11 is 0. The smallest absolute Gasteiger partial charge is 0.201 e. The Labute approximate surface area is 397 Å². The summed E-state index contributed by atoms with van der Waals surface area (Å²) in [7, 11) is 5.89. The van der Waals surface area contributed by atoms with Gasteiger partial charge in [-0.3, -0.25) is 0 Å². The Morgan fingerprint density at radius 2 is 0.785 bits per heavy atom. The second-order valence-corrected chi connectivity index (χ2v) is 17.1. The monoisotopic (exact) mass is 857 g/mol. The Morgan fingerprint density at radius 3 is 1.32 bits per heavy atom. The van der Waals surface area contributed by atoms with Crippen molar-refractivity contribution in [1.29, 1.82) is 0 Å². The maximum Gasteiger partial charge on any atom is 0.212 e. The van der Waals surface area contributed by atoms with E-state index in [4.69, 9.17) is 8.22 Å². The van der Waals surface area contributed by atoms with E-state index in [1.807, 2.05) is 66.6 Å². The van der Waals surface area contributed by atoms with E-state index in [-0.39, 0.29) is 0 Å². The van der Waals surface area contributed by atoms with Gasteiger partial charge in [0.05, 0.1) is 0 Å². The highest BCUT2D eigenvalue weighted by Crippen LogP contribution is 2.33. The van der Waals surface area contributed by atoms with Crippen LogP contribution in [0.3, 0.4) is 0 Å². The molecule has 0 unspecified atom stereocenters. The van der Waals surface area contributed by atoms with Gasteiger partial charge in [-0.05, 0) is 152 Å². The average Bonchev–Trinajstić information content (AvgIpc) is 3.34. The van der Waals surface area contributed by atoms with Crippen molar-refractivity contribution in [2.45, 2.75) is 55.2 Å². The Hall–Kier alpha value is -7.23. The molecular weight excluding hydrogens is 787 g/mol. The molecule has 0 bridgehead atoms. The fourth-order valence-corrected chi connectivity index (χ4v) is 8.46. The molecule has 0 aliphatic heterocycles. The summed E-state index contributed by atoms with van der Waals surface area (Å²) in [6.45, 7) is 8.29. The van der Waals surface area contributed by atoms with Crippen LogP contribution in [0.15, 0.2) is 188 Å². The maximum atomic E-state index is 7.71. The molecule has 0 radical (unpaired) electrons. The highest BCUT2D eigenvalue weighted by molar-refractivity contribution is 5.76. The Kier molecular flexibility index (Phi) is 12.1. The summed E-state index contributed by atoms with van der Waals surface area (Å²) < 4.78 is 51.8. The first kappa shape index (κ1) is 38.2. The summed E-state index contributed by atoms with van der Waals surface area (Å²) in [5, 5.41) is 0. The van der Waals surface area contributed by atoms with Gasteiger partial charge in [0.1, 0.15) is 21.1 Å². The van der Waals surface area contributed by atoms with Gasteiger partial charge in [0.15, 0.2) is 18.6 Å². The Balaban J connectivity index is 0.000000158. The number of aromatic nitrogens is 3. The van der Waals surface area contributed by atoms with Crippen LogP contribution in [0.4, 0.5) is 0 Å². The minimum atomic E-state index is -2.09. The molecule has 3 heteroatoms. The second-order valence-electron chi connectivity index (χ2n) is 17.1. The van der Waals surface area contributed by atoms with Gasteiger partial charge in [-0.25, -0.2) is 13.7 Å². The molecule has 0 spiro atoms. The summed E-state index contributed by atoms with van der Waals surface area (Å²) in [6, 6.07) is 58.6. The van der Waals surface area contributed by atoms with Gasteiger partial charge in [-0.1, -0.05) is 115 Å². The van der Waals surface area contributed by atoms with Crippen LogP contribution in [0, 0.1) is 55.2 Å². The van der Waals surface area contributed by atoms with Crippen molar-refractivity contribution in [2.24, 2.45) is 21.1 Å². The zero-order valence-corrected chi connectivity index (χ0v) is 39.2. The first-order valence-electron chi connectivity index (χ1n) is 25.2. The second kappa shape index (κ2) is 20.5. The lowest BCUT2D eigenvalue weighted by molar-refractivity contribution is -0.660. The van der Waals surface area contributed by atoms with Crippen LogP contribution < -0.4 is 13.7 Å². The highest BCUT2D eigenvalue weighted by atomic mass is 14.9. The highest BCUT2D eigenvalue weighted by Gasteiger charge is 2.18. The van der Waals surface area contributed by atoms with Crippen LogP contribution in [0.2, 0.25) is 0 Å². The fraction of sp³-hybridized carbons (Fsp3) is 0.177. The summed E-state index contributed by atoms with van der Waals surface area (Å²) in [4.78, 5) is 0. The summed E-state index contributed by atoms with van der Waals surface area (Å²) in [6.07, 6.45) is 5.52. The number of pyridine rings is 3. The molecule has 0 saturated heterocycles. The van der Waals surface area contributed by atoms with Crippen LogP contribution >= 0.6 is 0 Å². The lowest BCUT2D eigenvalue weighted by Gasteiger charge is -2.12. The molecule has 0 fully saturated rings. The number of rotatable bonds is 6. The van der Waals surface area contributed by atoms with Crippen LogP contribution in [-0.2, 0) is 21.1 Å². The van der Waals surface area contributed by atoms with Crippen LogP contribution in [-0.4, -0.2) is 0 Å². The van der Waals surface area contributed by atoms with Gasteiger partial charge in [0.2, 0.25) is 17.1 Å². The van der Waals surface area contributed by atoms with Gasteiger partial charge in [0, 0.05) is 60.3 Å². The van der Waals surface area contributed by atoms with Gasteiger partial charge < -0.3 is 0 Å². The minimum Gasteiger partial charge on any atom is -0.201 e. The molecule has 3 nitrogen and oxygen atoms in total. The molecule has 9 aromatic rings. The number of nitrogens with zero attached hydrogens (tertiary/aromatic N) is 3. The van der Waals surface area contributed by atoms with Crippen molar-refractivity contribution < 1.29 is 21.9 Å². The van der Waals surface area contributed by atoms with Crippen molar-refractivity contribution in [1.82, 2.24) is 0 Å². The van der Waals surface area contributed by atoms with Crippen molar-refractivity contribution in [3.63, 3.8) is 0 Å². The molecule has 0 atom stereocenters. The predicted octanol–water partition coefficient (Wildman–Crippen LogP) is 14.0. The molecule has 9 rings (SSSR count). The summed E-state index contributed by atoms with van der Waals surface area (Å²) in [5.41, 5.74) is 21.8. The third-order valence-corrected chi connectivity index (χ3v) is 12.2. The standard InChI is InChI=1S/C22H24N.C21H22N.C19H18N/c1-15-13-22(23(5)14-18(15)4)21-12-16(2)20(11-17(21)3)19-9-7-6-8-10-19;1-15-10-11-21(22(4)14-15)20-13-16(2)19(12-17(20)3)18-8-6-5-7-9-18;1-15-11-12-17(16-8-4-3-5-9-16)14-18(15)19-10-6-7-13-20(19)2/h6-14H,1-5H3;5-14H,1-4H3;3-14H,1-2H3/q3*+1/i4D3;1D3;. The largest absolute Gasteiger partial charge is 0.212 e. The van der Waals surface area contributed by atoms with Crippen molar-refractivity contribution in [3.8, 4) is 67.2 Å². The number of benzene rings is 6. The van der Waals surface area contributed by atoms with Gasteiger partial charge >= 0.3 is 0 Å². The molecule has 3 aromatic heterocycles. The first-order chi connectivity index (χ1) is 33.7. The van der Waals surface area contributed by atoms with E-state index in [1.165, 1.54) is 72.5 Å². The van der Waals surface area contributed by atoms with E-state index >= 15 is 0 Å². The molecule has 324 valence electrons. The zero-order valence-electron chi connectivity index (χ0n) is 45.2. The molecule has 0 aliphatic rings. The lowest BCUT2D eigenvalue weighted by Crippen LogP contribution is -2.31. The number of hydrogen-bond donors (Lipinski definition) is 0. The molecule has 0 amide bonds. The molecule has 3 heterocycles. The Morgan fingerprint density at radius 1 is 0.308 bits per heavy atom. The number of aryl methyl sites for hydroxylation is 11. The third kappa shape index (κ3) is 10.8. The SMILES string of the molecule is Cc1ccc(-c2ccccc2)cc1-c1cccc[n+]1C.[2H]C([2H])([2H])c1c[n+](C)c(-c2cc(C)c(-c3ccccc3)cc2C)cc1C.[2H]C([2H])([2H])c1ccc(-c2cc(C)c(-c3ccccc3)cc2C)[n+](C)c1. The van der Waals surface area contributed by atoms with E-state index in [9.17, 15) is 0 Å². The average molecular weight is 857 g/mol. The van der Waals surface area contributed by atoms with Crippen LogP contribution in [0.5, 0.6) is 0 Å². The third-order valence-electron chi connectivity index (χ3n) is 12.2. The maximum absolute atomic E-state index is 7.71. The Bertz CT molecular complexity index is 3310. The quantitative estimate of drug-likeness (QED) is 0.148. The van der Waals surface area contributed by atoms with Crippen molar-refractivity contribution in [3.05, 3.63) is 233 Å². The summed E-state index contributed by atoms with van der Waals surface area (Å²) in [5.74, 6) is 0. The normalized spacial score (nSPS) is 12.4. The van der Waals surface area contributed by atoms with Crippen LogP contribution in [0.1, 0.15) is 52.7 Å². The lowest BCUT2D eigenvalue weighted by atomic mass is 9.93. The van der Waals surface area contributed by atoms with Gasteiger partial charge in [0.25, 0.3) is 0 Å². The van der Waals surface area contributed by atoms with Crippen LogP contribution in [0.25, 0.3) is 67.2 Å². The molecule has 0 aliphatic carbocycles. The molecular formula is C62H64N3+3. The molecule has 0 saturated carbocycles.